The average molecular weight is 337 g/mol. The number of hydrogen-bond donors (Lipinski definition) is 1. The van der Waals surface area contributed by atoms with Crippen molar-refractivity contribution >= 4 is 35.3 Å². The zero-order chi connectivity index (χ0) is 15.9. The molecular weight excluding hydrogens is 323 g/mol. The predicted octanol–water partition coefficient (Wildman–Crippen LogP) is 3.83. The van der Waals surface area contributed by atoms with E-state index in [1.807, 2.05) is 31.2 Å². The van der Waals surface area contributed by atoms with Crippen LogP contribution in [-0.2, 0) is 4.79 Å². The molecule has 4 nitrogen and oxygen atoms in total. The van der Waals surface area contributed by atoms with Crippen LogP contribution in [-0.4, -0.2) is 18.7 Å². The van der Waals surface area contributed by atoms with Crippen LogP contribution in [0.2, 0.25) is 10.0 Å². The second-order valence-electron chi connectivity index (χ2n) is 4.54. The van der Waals surface area contributed by atoms with Gasteiger partial charge in [-0.1, -0.05) is 59.1 Å². The van der Waals surface area contributed by atoms with E-state index in [4.69, 9.17) is 27.9 Å². The van der Waals surface area contributed by atoms with Gasteiger partial charge in [0.1, 0.15) is 10.8 Å². The molecule has 0 unspecified atom stereocenters. The number of benzene rings is 2. The summed E-state index contributed by atoms with van der Waals surface area (Å²) in [6.07, 6.45) is 1.56. The van der Waals surface area contributed by atoms with Crippen molar-refractivity contribution < 1.29 is 9.53 Å². The van der Waals surface area contributed by atoms with E-state index >= 15 is 0 Å². The van der Waals surface area contributed by atoms with E-state index in [-0.39, 0.29) is 17.5 Å². The van der Waals surface area contributed by atoms with E-state index < -0.39 is 0 Å². The molecule has 6 heteroatoms. The topological polar surface area (TPSA) is 50.7 Å². The van der Waals surface area contributed by atoms with E-state index in [0.717, 1.165) is 11.1 Å². The minimum atomic E-state index is -0.389. The number of hydrazone groups is 1. The maximum absolute atomic E-state index is 11.6. The zero-order valence-corrected chi connectivity index (χ0v) is 13.4. The number of amides is 1. The molecule has 0 aliphatic rings. The molecule has 114 valence electrons. The van der Waals surface area contributed by atoms with Crippen LogP contribution in [0.4, 0.5) is 0 Å². The first-order valence-electron chi connectivity index (χ1n) is 6.51. The summed E-state index contributed by atoms with van der Waals surface area (Å²) in [5.74, 6) is -0.0359. The van der Waals surface area contributed by atoms with Gasteiger partial charge in [-0.25, -0.2) is 5.43 Å². The molecule has 0 aliphatic heterocycles. The lowest BCUT2D eigenvalue weighted by Gasteiger charge is -2.07. The molecule has 0 spiro atoms. The molecule has 22 heavy (non-hydrogen) atoms. The molecule has 0 saturated carbocycles. The fourth-order valence-electron chi connectivity index (χ4n) is 1.60. The molecule has 0 saturated heterocycles. The van der Waals surface area contributed by atoms with Crippen LogP contribution in [0.5, 0.6) is 5.75 Å². The molecule has 1 amide bonds. The van der Waals surface area contributed by atoms with E-state index in [0.29, 0.717) is 10.8 Å². The molecule has 2 rings (SSSR count). The number of rotatable bonds is 5. The lowest BCUT2D eigenvalue weighted by molar-refractivity contribution is -0.123. The number of nitrogens with one attached hydrogen (secondary N) is 1. The lowest BCUT2D eigenvalue weighted by atomic mass is 10.2. The van der Waals surface area contributed by atoms with Crippen molar-refractivity contribution in [1.29, 1.82) is 0 Å². The summed E-state index contributed by atoms with van der Waals surface area (Å²) in [5, 5.41) is 4.51. The normalized spacial score (nSPS) is 10.7. The third kappa shape index (κ3) is 4.76. The third-order valence-corrected chi connectivity index (χ3v) is 3.56. The second kappa shape index (κ2) is 7.82. The largest absolute Gasteiger partial charge is 0.482 e. The van der Waals surface area contributed by atoms with Gasteiger partial charge >= 0.3 is 0 Å². The van der Waals surface area contributed by atoms with Gasteiger partial charge in [-0.2, -0.15) is 5.10 Å². The number of hydrogen-bond acceptors (Lipinski definition) is 3. The minimum Gasteiger partial charge on any atom is -0.482 e. The lowest BCUT2D eigenvalue weighted by Crippen LogP contribution is -2.24. The van der Waals surface area contributed by atoms with Crippen LogP contribution < -0.4 is 10.2 Å². The average Bonchev–Trinajstić information content (AvgIpc) is 2.51. The Morgan fingerprint density at radius 2 is 1.95 bits per heavy atom. The van der Waals surface area contributed by atoms with Gasteiger partial charge in [-0.05, 0) is 24.6 Å². The molecular formula is C16H14Cl2N2O2. The summed E-state index contributed by atoms with van der Waals surface area (Å²) in [4.78, 5) is 11.6. The number of aryl methyl sites for hydroxylation is 1. The molecule has 0 fully saturated rings. The molecule has 0 atom stereocenters. The Morgan fingerprint density at radius 3 is 2.68 bits per heavy atom. The van der Waals surface area contributed by atoms with Gasteiger partial charge in [0.15, 0.2) is 6.61 Å². The van der Waals surface area contributed by atoms with Crippen molar-refractivity contribution in [3.63, 3.8) is 0 Å². The van der Waals surface area contributed by atoms with Gasteiger partial charge < -0.3 is 4.74 Å². The molecule has 0 heterocycles. The van der Waals surface area contributed by atoms with Gasteiger partial charge in [-0.3, -0.25) is 4.79 Å². The van der Waals surface area contributed by atoms with E-state index in [9.17, 15) is 4.79 Å². The second-order valence-corrected chi connectivity index (χ2v) is 5.33. The summed E-state index contributed by atoms with van der Waals surface area (Å²) in [6.45, 7) is 1.80. The number of carbonyl (C=O) groups is 1. The summed E-state index contributed by atoms with van der Waals surface area (Å²) in [7, 11) is 0. The van der Waals surface area contributed by atoms with Crippen molar-refractivity contribution in [2.45, 2.75) is 6.92 Å². The highest BCUT2D eigenvalue weighted by Crippen LogP contribution is 2.31. The van der Waals surface area contributed by atoms with Crippen molar-refractivity contribution in [2.75, 3.05) is 6.61 Å². The Bertz CT molecular complexity index is 685. The van der Waals surface area contributed by atoms with Crippen molar-refractivity contribution in [1.82, 2.24) is 5.43 Å². The maximum atomic E-state index is 11.6. The monoisotopic (exact) mass is 336 g/mol. The first-order valence-corrected chi connectivity index (χ1v) is 7.27. The summed E-state index contributed by atoms with van der Waals surface area (Å²) >= 11 is 11.8. The Hall–Kier alpha value is -2.04. The van der Waals surface area contributed by atoms with Crippen LogP contribution >= 0.6 is 23.2 Å². The first kappa shape index (κ1) is 16.3. The van der Waals surface area contributed by atoms with Crippen molar-refractivity contribution in [2.24, 2.45) is 5.10 Å². The number of halogens is 2. The molecule has 0 radical (unpaired) electrons. The van der Waals surface area contributed by atoms with Crippen LogP contribution in [0.15, 0.2) is 47.6 Å². The van der Waals surface area contributed by atoms with E-state index in [1.165, 1.54) is 0 Å². The van der Waals surface area contributed by atoms with Gasteiger partial charge in [0.25, 0.3) is 5.91 Å². The smallest absolute Gasteiger partial charge is 0.277 e. The highest BCUT2D eigenvalue weighted by atomic mass is 35.5. The van der Waals surface area contributed by atoms with E-state index in [2.05, 4.69) is 10.5 Å². The maximum Gasteiger partial charge on any atom is 0.277 e. The molecule has 0 aliphatic carbocycles. The summed E-state index contributed by atoms with van der Waals surface area (Å²) < 4.78 is 5.30. The first-order chi connectivity index (χ1) is 10.6. The van der Waals surface area contributed by atoms with Crippen molar-refractivity contribution in [3.05, 3.63) is 63.6 Å². The quantitative estimate of drug-likeness (QED) is 0.666. The van der Waals surface area contributed by atoms with Crippen LogP contribution in [0.1, 0.15) is 11.1 Å². The fraction of sp³-hybridized carbons (Fsp3) is 0.125. The fourth-order valence-corrected chi connectivity index (χ4v) is 1.95. The minimum absolute atomic E-state index is 0.203. The number of nitrogens with zero attached hydrogens (tertiary/aromatic N) is 1. The SMILES string of the molecule is Cc1ccc(/C=N/NC(=O)COc2cccc(Cl)c2Cl)cc1. The van der Waals surface area contributed by atoms with Crippen molar-refractivity contribution in [3.8, 4) is 5.75 Å². The van der Waals surface area contributed by atoms with Crippen LogP contribution in [0, 0.1) is 6.92 Å². The zero-order valence-electron chi connectivity index (χ0n) is 11.8. The van der Waals surface area contributed by atoms with E-state index in [1.54, 1.807) is 24.4 Å². The number of carbonyl (C=O) groups excluding carboxylic acids is 1. The Labute approximate surface area is 138 Å². The summed E-state index contributed by atoms with van der Waals surface area (Å²) in [5.41, 5.74) is 4.43. The Morgan fingerprint density at radius 1 is 1.23 bits per heavy atom. The molecule has 2 aromatic carbocycles. The Kier molecular flexibility index (Phi) is 5.81. The van der Waals surface area contributed by atoms with Gasteiger partial charge in [0, 0.05) is 0 Å². The Balaban J connectivity index is 1.83. The number of ether oxygens (including phenoxy) is 1. The molecule has 0 bridgehead atoms. The highest BCUT2D eigenvalue weighted by Gasteiger charge is 2.07. The van der Waals surface area contributed by atoms with Gasteiger partial charge in [0.05, 0.1) is 11.2 Å². The van der Waals surface area contributed by atoms with Crippen LogP contribution in [0.3, 0.4) is 0 Å². The highest BCUT2D eigenvalue weighted by molar-refractivity contribution is 6.42. The third-order valence-electron chi connectivity index (χ3n) is 2.76. The summed E-state index contributed by atoms with van der Waals surface area (Å²) in [6, 6.07) is 12.7. The van der Waals surface area contributed by atoms with Gasteiger partial charge in [0.2, 0.25) is 0 Å². The standard InChI is InChI=1S/C16H14Cl2N2O2/c1-11-5-7-12(8-6-11)9-19-20-15(21)10-22-14-4-2-3-13(17)16(14)18/h2-9H,10H2,1H3,(H,20,21)/b19-9+. The molecule has 1 N–H and O–H groups in total. The predicted molar refractivity (Wildman–Crippen MR) is 88.9 cm³/mol. The van der Waals surface area contributed by atoms with Crippen LogP contribution in [0.25, 0.3) is 0 Å². The van der Waals surface area contributed by atoms with Gasteiger partial charge in [-0.15, -0.1) is 0 Å². The molecule has 0 aromatic heterocycles. The molecule has 2 aromatic rings.